The van der Waals surface area contributed by atoms with Gasteiger partial charge in [0.2, 0.25) is 0 Å². The molecule has 2 rings (SSSR count). The third-order valence-electron chi connectivity index (χ3n) is 4.97. The van der Waals surface area contributed by atoms with Crippen LogP contribution in [-0.2, 0) is 0 Å². The van der Waals surface area contributed by atoms with Crippen molar-refractivity contribution in [2.24, 2.45) is 17.8 Å². The normalized spacial score (nSPS) is 24.9. The summed E-state index contributed by atoms with van der Waals surface area (Å²) in [6, 6.07) is 5.71. The van der Waals surface area contributed by atoms with E-state index in [1.165, 1.54) is 25.7 Å². The highest BCUT2D eigenvalue weighted by Crippen LogP contribution is 2.39. The fourth-order valence-electron chi connectivity index (χ4n) is 3.76. The maximum atomic E-state index is 13.6. The maximum Gasteiger partial charge on any atom is 0.123 e. The van der Waals surface area contributed by atoms with Crippen LogP contribution >= 0.6 is 0 Å². The monoisotopic (exact) mass is 277 g/mol. The van der Waals surface area contributed by atoms with Gasteiger partial charge in [0.25, 0.3) is 0 Å². The predicted molar refractivity (Wildman–Crippen MR) is 83.2 cm³/mol. The van der Waals surface area contributed by atoms with Gasteiger partial charge in [0, 0.05) is 6.04 Å². The summed E-state index contributed by atoms with van der Waals surface area (Å²) in [7, 11) is 2.00. The van der Waals surface area contributed by atoms with Crippen LogP contribution in [0.4, 0.5) is 4.39 Å². The van der Waals surface area contributed by atoms with Crippen LogP contribution in [0.5, 0.6) is 0 Å². The smallest absolute Gasteiger partial charge is 0.123 e. The molecule has 1 aromatic rings. The SMILES string of the molecule is CNC(c1cc(C)cc(F)c1)C1CCC(C(C)C)CC1. The van der Waals surface area contributed by atoms with Crippen molar-refractivity contribution in [3.05, 3.63) is 35.1 Å². The van der Waals surface area contributed by atoms with Gasteiger partial charge in [-0.15, -0.1) is 0 Å². The Morgan fingerprint density at radius 1 is 1.05 bits per heavy atom. The quantitative estimate of drug-likeness (QED) is 0.829. The van der Waals surface area contributed by atoms with Gasteiger partial charge in [-0.3, -0.25) is 0 Å². The lowest BCUT2D eigenvalue weighted by atomic mass is 9.73. The first-order valence-corrected chi connectivity index (χ1v) is 7.95. The fraction of sp³-hybridized carbons (Fsp3) is 0.667. The Hall–Kier alpha value is -0.890. The molecule has 0 aliphatic heterocycles. The lowest BCUT2D eigenvalue weighted by Crippen LogP contribution is -2.30. The number of hydrogen-bond acceptors (Lipinski definition) is 1. The molecular weight excluding hydrogens is 249 g/mol. The second kappa shape index (κ2) is 6.71. The van der Waals surface area contributed by atoms with Gasteiger partial charge in [0.1, 0.15) is 5.82 Å². The molecule has 1 fully saturated rings. The van der Waals surface area contributed by atoms with E-state index in [1.807, 2.05) is 14.0 Å². The fourth-order valence-corrected chi connectivity index (χ4v) is 3.76. The van der Waals surface area contributed by atoms with Crippen molar-refractivity contribution >= 4 is 0 Å². The molecule has 1 aliphatic carbocycles. The number of aryl methyl sites for hydroxylation is 1. The highest BCUT2D eigenvalue weighted by Gasteiger charge is 2.29. The Kier molecular flexibility index (Phi) is 5.20. The molecule has 1 aliphatic rings. The Bertz CT molecular complexity index is 413. The van der Waals surface area contributed by atoms with E-state index in [2.05, 4.69) is 25.2 Å². The highest BCUT2D eigenvalue weighted by atomic mass is 19.1. The van der Waals surface area contributed by atoms with Crippen molar-refractivity contribution in [3.8, 4) is 0 Å². The first kappa shape index (κ1) is 15.5. The Labute approximate surface area is 123 Å². The van der Waals surface area contributed by atoms with Crippen LogP contribution < -0.4 is 5.32 Å². The molecule has 1 aromatic carbocycles. The van der Waals surface area contributed by atoms with Gasteiger partial charge in [-0.2, -0.15) is 0 Å². The molecule has 1 saturated carbocycles. The average molecular weight is 277 g/mol. The third-order valence-corrected chi connectivity index (χ3v) is 4.97. The topological polar surface area (TPSA) is 12.0 Å². The van der Waals surface area contributed by atoms with Crippen LogP contribution in [0.25, 0.3) is 0 Å². The van der Waals surface area contributed by atoms with Gasteiger partial charge in [0.05, 0.1) is 0 Å². The summed E-state index contributed by atoms with van der Waals surface area (Å²) in [5.74, 6) is 2.19. The van der Waals surface area contributed by atoms with E-state index in [9.17, 15) is 4.39 Å². The molecule has 112 valence electrons. The summed E-state index contributed by atoms with van der Waals surface area (Å²) in [4.78, 5) is 0. The second-order valence-electron chi connectivity index (χ2n) is 6.75. The number of rotatable bonds is 4. The van der Waals surface area contributed by atoms with Crippen LogP contribution in [0.3, 0.4) is 0 Å². The molecule has 1 N–H and O–H groups in total. The molecule has 0 bridgehead atoms. The lowest BCUT2D eigenvalue weighted by Gasteiger charge is -2.35. The molecular formula is C18H28FN. The van der Waals surface area contributed by atoms with E-state index >= 15 is 0 Å². The Morgan fingerprint density at radius 2 is 1.65 bits per heavy atom. The minimum Gasteiger partial charge on any atom is -0.313 e. The minimum absolute atomic E-state index is 0.115. The molecule has 0 heterocycles. The van der Waals surface area contributed by atoms with Crippen LogP contribution in [0, 0.1) is 30.5 Å². The van der Waals surface area contributed by atoms with Crippen LogP contribution in [-0.4, -0.2) is 7.05 Å². The summed E-state index contributed by atoms with van der Waals surface area (Å²) in [6.45, 7) is 6.63. The van der Waals surface area contributed by atoms with Crippen LogP contribution in [0.15, 0.2) is 18.2 Å². The first-order chi connectivity index (χ1) is 9.51. The molecule has 0 amide bonds. The maximum absolute atomic E-state index is 13.6. The van der Waals surface area contributed by atoms with Gasteiger partial charge >= 0.3 is 0 Å². The van der Waals surface area contributed by atoms with Crippen molar-refractivity contribution in [2.75, 3.05) is 7.05 Å². The van der Waals surface area contributed by atoms with Gasteiger partial charge < -0.3 is 5.32 Å². The molecule has 1 unspecified atom stereocenters. The molecule has 1 nitrogen and oxygen atoms in total. The van der Waals surface area contributed by atoms with Gasteiger partial charge in [-0.1, -0.05) is 19.9 Å². The first-order valence-electron chi connectivity index (χ1n) is 7.95. The lowest BCUT2D eigenvalue weighted by molar-refractivity contribution is 0.192. The number of benzene rings is 1. The Morgan fingerprint density at radius 3 is 2.15 bits per heavy atom. The minimum atomic E-state index is -0.115. The van der Waals surface area contributed by atoms with Gasteiger partial charge in [-0.25, -0.2) is 4.39 Å². The van der Waals surface area contributed by atoms with Crippen molar-refractivity contribution < 1.29 is 4.39 Å². The standard InChI is InChI=1S/C18H28FN/c1-12(2)14-5-7-15(8-6-14)18(20-4)16-9-13(3)10-17(19)11-16/h9-12,14-15,18,20H,5-8H2,1-4H3. The van der Waals surface area contributed by atoms with Crippen molar-refractivity contribution in [3.63, 3.8) is 0 Å². The molecule has 0 aromatic heterocycles. The highest BCUT2D eigenvalue weighted by molar-refractivity contribution is 5.27. The van der Waals surface area contributed by atoms with E-state index in [0.717, 1.165) is 23.0 Å². The van der Waals surface area contributed by atoms with E-state index < -0.39 is 0 Å². The van der Waals surface area contributed by atoms with E-state index in [-0.39, 0.29) is 11.9 Å². The van der Waals surface area contributed by atoms with Crippen LogP contribution in [0.1, 0.15) is 56.7 Å². The summed E-state index contributed by atoms with van der Waals surface area (Å²) in [5, 5.41) is 3.42. The number of halogens is 1. The van der Waals surface area contributed by atoms with Crippen molar-refractivity contribution in [2.45, 2.75) is 52.5 Å². The van der Waals surface area contributed by atoms with E-state index in [4.69, 9.17) is 0 Å². The Balaban J connectivity index is 2.09. The molecule has 0 radical (unpaired) electrons. The zero-order chi connectivity index (χ0) is 14.7. The van der Waals surface area contributed by atoms with Gasteiger partial charge in [-0.05, 0) is 80.7 Å². The zero-order valence-electron chi connectivity index (χ0n) is 13.2. The molecule has 2 heteroatoms. The predicted octanol–water partition coefficient (Wildman–Crippen LogP) is 4.86. The van der Waals surface area contributed by atoms with E-state index in [0.29, 0.717) is 5.92 Å². The third kappa shape index (κ3) is 3.60. The van der Waals surface area contributed by atoms with E-state index in [1.54, 1.807) is 12.1 Å². The van der Waals surface area contributed by atoms with Crippen molar-refractivity contribution in [1.29, 1.82) is 0 Å². The number of nitrogens with one attached hydrogen (secondary N) is 1. The average Bonchev–Trinajstić information content (AvgIpc) is 2.39. The molecule has 20 heavy (non-hydrogen) atoms. The van der Waals surface area contributed by atoms with Gasteiger partial charge in [0.15, 0.2) is 0 Å². The molecule has 0 spiro atoms. The summed E-state index contributed by atoms with van der Waals surface area (Å²) in [5.41, 5.74) is 2.12. The second-order valence-corrected chi connectivity index (χ2v) is 6.75. The zero-order valence-corrected chi connectivity index (χ0v) is 13.2. The summed E-state index contributed by atoms with van der Waals surface area (Å²) in [6.07, 6.45) is 5.14. The summed E-state index contributed by atoms with van der Waals surface area (Å²) >= 11 is 0. The van der Waals surface area contributed by atoms with Crippen LogP contribution in [0.2, 0.25) is 0 Å². The van der Waals surface area contributed by atoms with Crippen molar-refractivity contribution in [1.82, 2.24) is 5.32 Å². The number of hydrogen-bond donors (Lipinski definition) is 1. The largest absolute Gasteiger partial charge is 0.313 e. The molecule has 0 saturated heterocycles. The molecule has 1 atom stereocenters. The summed E-state index contributed by atoms with van der Waals surface area (Å²) < 4.78 is 13.6.